The lowest BCUT2D eigenvalue weighted by molar-refractivity contribution is 0.361. The van der Waals surface area contributed by atoms with Gasteiger partial charge in [0.2, 0.25) is 0 Å². The minimum Gasteiger partial charge on any atom is -0.331 e. The first-order valence-corrected chi connectivity index (χ1v) is 7.27. The molecule has 3 heteroatoms. The Morgan fingerprint density at radius 2 is 1.90 bits per heavy atom. The number of nitrogens with zero attached hydrogens (tertiary/aromatic N) is 2. The number of hydrogen-bond acceptors (Lipinski definition) is 2. The molecule has 2 rings (SSSR count). The molecule has 0 bridgehead atoms. The van der Waals surface area contributed by atoms with Gasteiger partial charge in [0.15, 0.2) is 0 Å². The van der Waals surface area contributed by atoms with Crippen LogP contribution in [-0.4, -0.2) is 21.6 Å². The summed E-state index contributed by atoms with van der Waals surface area (Å²) < 4.78 is 2.24. The van der Waals surface area contributed by atoms with E-state index in [0.29, 0.717) is 5.92 Å². The molecule has 0 saturated carbocycles. The third-order valence-corrected chi connectivity index (χ3v) is 3.24. The molecule has 0 fully saturated rings. The van der Waals surface area contributed by atoms with Crippen molar-refractivity contribution >= 4 is 0 Å². The molecule has 20 heavy (non-hydrogen) atoms. The summed E-state index contributed by atoms with van der Waals surface area (Å²) in [6.45, 7) is 10.9. The predicted molar refractivity (Wildman–Crippen MR) is 84.6 cm³/mol. The van der Waals surface area contributed by atoms with E-state index in [1.165, 1.54) is 5.56 Å². The zero-order chi connectivity index (χ0) is 14.6. The van der Waals surface area contributed by atoms with Crippen LogP contribution in [0.15, 0.2) is 42.7 Å². The predicted octanol–water partition coefficient (Wildman–Crippen LogP) is 3.57. The van der Waals surface area contributed by atoms with Gasteiger partial charge in [-0.1, -0.05) is 37.3 Å². The van der Waals surface area contributed by atoms with Gasteiger partial charge in [-0.05, 0) is 33.2 Å². The number of nitrogens with one attached hydrogen (secondary N) is 1. The van der Waals surface area contributed by atoms with Gasteiger partial charge in [-0.2, -0.15) is 0 Å². The maximum absolute atomic E-state index is 4.49. The second-order valence-corrected chi connectivity index (χ2v) is 6.51. The summed E-state index contributed by atoms with van der Waals surface area (Å²) in [6.07, 6.45) is 3.95. The fraction of sp³-hybridized carbons (Fsp3) is 0.471. The summed E-state index contributed by atoms with van der Waals surface area (Å²) in [6, 6.07) is 10.4. The first-order valence-electron chi connectivity index (χ1n) is 7.27. The van der Waals surface area contributed by atoms with Gasteiger partial charge in [0.1, 0.15) is 5.82 Å². The zero-order valence-electron chi connectivity index (χ0n) is 12.9. The molecule has 2 aromatic rings. The maximum Gasteiger partial charge on any atom is 0.139 e. The molecule has 0 aliphatic rings. The quantitative estimate of drug-likeness (QED) is 0.901. The van der Waals surface area contributed by atoms with Gasteiger partial charge < -0.3 is 9.88 Å². The van der Waals surface area contributed by atoms with Gasteiger partial charge >= 0.3 is 0 Å². The van der Waals surface area contributed by atoms with Crippen LogP contribution in [0.3, 0.4) is 0 Å². The van der Waals surface area contributed by atoms with Crippen molar-refractivity contribution in [3.8, 4) is 11.4 Å². The molecule has 0 saturated heterocycles. The Morgan fingerprint density at radius 3 is 2.55 bits per heavy atom. The Balaban J connectivity index is 2.02. The molecule has 108 valence electrons. The van der Waals surface area contributed by atoms with Crippen molar-refractivity contribution in [2.75, 3.05) is 6.54 Å². The van der Waals surface area contributed by atoms with Crippen molar-refractivity contribution in [2.45, 2.75) is 39.8 Å². The lowest BCUT2D eigenvalue weighted by Gasteiger charge is -2.24. The Labute approximate surface area is 122 Å². The molecule has 1 aromatic carbocycles. The van der Waals surface area contributed by atoms with Gasteiger partial charge in [-0.3, -0.25) is 0 Å². The summed E-state index contributed by atoms with van der Waals surface area (Å²) in [7, 11) is 0. The number of benzene rings is 1. The van der Waals surface area contributed by atoms with Crippen molar-refractivity contribution in [3.05, 3.63) is 42.7 Å². The van der Waals surface area contributed by atoms with E-state index in [-0.39, 0.29) is 5.54 Å². The molecule has 1 N–H and O–H groups in total. The van der Waals surface area contributed by atoms with E-state index in [4.69, 9.17) is 0 Å². The highest BCUT2D eigenvalue weighted by atomic mass is 15.1. The number of imidazole rings is 1. The van der Waals surface area contributed by atoms with E-state index in [2.05, 4.69) is 73.0 Å². The van der Waals surface area contributed by atoms with Crippen molar-refractivity contribution in [1.82, 2.24) is 14.9 Å². The normalized spacial score (nSPS) is 13.4. The van der Waals surface area contributed by atoms with Crippen molar-refractivity contribution in [3.63, 3.8) is 0 Å². The minimum atomic E-state index is 0.172. The summed E-state index contributed by atoms with van der Waals surface area (Å²) in [5.41, 5.74) is 1.35. The van der Waals surface area contributed by atoms with Gasteiger partial charge in [0, 0.05) is 30.0 Å². The molecule has 0 spiro atoms. The smallest absolute Gasteiger partial charge is 0.139 e. The third-order valence-electron chi connectivity index (χ3n) is 3.24. The minimum absolute atomic E-state index is 0.172. The van der Waals surface area contributed by atoms with Crippen LogP contribution in [-0.2, 0) is 6.54 Å². The Kier molecular flexibility index (Phi) is 4.61. The number of aromatic nitrogens is 2. The molecule has 1 heterocycles. The fourth-order valence-corrected chi connectivity index (χ4v) is 2.18. The highest BCUT2D eigenvalue weighted by Crippen LogP contribution is 2.18. The first kappa shape index (κ1) is 14.8. The molecule has 1 atom stereocenters. The van der Waals surface area contributed by atoms with Crippen LogP contribution in [0.25, 0.3) is 11.4 Å². The summed E-state index contributed by atoms with van der Waals surface area (Å²) >= 11 is 0. The molecule has 0 aliphatic carbocycles. The summed E-state index contributed by atoms with van der Waals surface area (Å²) in [5.74, 6) is 1.61. The van der Waals surface area contributed by atoms with E-state index in [1.807, 2.05) is 12.3 Å². The van der Waals surface area contributed by atoms with E-state index in [0.717, 1.165) is 18.9 Å². The average Bonchev–Trinajstić information content (AvgIpc) is 2.85. The average molecular weight is 271 g/mol. The molecular formula is C17H25N3. The van der Waals surface area contributed by atoms with Crippen LogP contribution in [0.4, 0.5) is 0 Å². The number of rotatable bonds is 5. The van der Waals surface area contributed by atoms with Crippen LogP contribution in [0.2, 0.25) is 0 Å². The molecule has 3 nitrogen and oxygen atoms in total. The van der Waals surface area contributed by atoms with Crippen molar-refractivity contribution in [2.24, 2.45) is 5.92 Å². The molecule has 1 aromatic heterocycles. The molecule has 0 aliphatic heterocycles. The van der Waals surface area contributed by atoms with E-state index in [9.17, 15) is 0 Å². The highest BCUT2D eigenvalue weighted by molar-refractivity contribution is 5.55. The molecule has 0 amide bonds. The lowest BCUT2D eigenvalue weighted by atomic mass is 10.1. The third kappa shape index (κ3) is 4.20. The Hall–Kier alpha value is -1.61. The van der Waals surface area contributed by atoms with Crippen LogP contribution < -0.4 is 5.32 Å². The van der Waals surface area contributed by atoms with Crippen LogP contribution in [0.5, 0.6) is 0 Å². The summed E-state index contributed by atoms with van der Waals surface area (Å²) in [5, 5.41) is 3.56. The van der Waals surface area contributed by atoms with Gasteiger partial charge in [0.05, 0.1) is 0 Å². The maximum atomic E-state index is 4.49. The van der Waals surface area contributed by atoms with Gasteiger partial charge in [-0.25, -0.2) is 4.98 Å². The van der Waals surface area contributed by atoms with Crippen LogP contribution >= 0.6 is 0 Å². The molecular weight excluding hydrogens is 246 g/mol. The SMILES string of the molecule is CC(CNC(C)(C)C)Cn1ccnc1-c1ccccc1. The Morgan fingerprint density at radius 1 is 1.20 bits per heavy atom. The van der Waals surface area contributed by atoms with Crippen LogP contribution in [0.1, 0.15) is 27.7 Å². The van der Waals surface area contributed by atoms with E-state index >= 15 is 0 Å². The second kappa shape index (κ2) is 6.23. The zero-order valence-corrected chi connectivity index (χ0v) is 12.9. The number of hydrogen-bond donors (Lipinski definition) is 1. The lowest BCUT2D eigenvalue weighted by Crippen LogP contribution is -2.39. The van der Waals surface area contributed by atoms with E-state index in [1.54, 1.807) is 0 Å². The fourth-order valence-electron chi connectivity index (χ4n) is 2.18. The second-order valence-electron chi connectivity index (χ2n) is 6.51. The molecule has 0 radical (unpaired) electrons. The monoisotopic (exact) mass is 271 g/mol. The highest BCUT2D eigenvalue weighted by Gasteiger charge is 2.13. The van der Waals surface area contributed by atoms with Crippen molar-refractivity contribution in [1.29, 1.82) is 0 Å². The topological polar surface area (TPSA) is 29.9 Å². The summed E-state index contributed by atoms with van der Waals surface area (Å²) in [4.78, 5) is 4.49. The standard InChI is InChI=1S/C17H25N3/c1-14(12-19-17(2,3)4)13-20-11-10-18-16(20)15-8-6-5-7-9-15/h5-11,14,19H,12-13H2,1-4H3. The van der Waals surface area contributed by atoms with Gasteiger partial charge in [0.25, 0.3) is 0 Å². The van der Waals surface area contributed by atoms with E-state index < -0.39 is 0 Å². The Bertz CT molecular complexity index is 523. The first-order chi connectivity index (χ1) is 9.46. The van der Waals surface area contributed by atoms with Gasteiger partial charge in [-0.15, -0.1) is 0 Å². The molecule has 1 unspecified atom stereocenters. The van der Waals surface area contributed by atoms with Crippen LogP contribution in [0, 0.1) is 5.92 Å². The van der Waals surface area contributed by atoms with Crippen molar-refractivity contribution < 1.29 is 0 Å². The largest absolute Gasteiger partial charge is 0.331 e.